The Morgan fingerprint density at radius 2 is 2.00 bits per heavy atom. The molecule has 0 spiro atoms. The van der Waals surface area contributed by atoms with Crippen LogP contribution in [0.2, 0.25) is 0 Å². The van der Waals surface area contributed by atoms with Crippen molar-refractivity contribution in [2.75, 3.05) is 5.32 Å². The molecule has 3 aromatic rings. The number of carbonyl (C=O) groups is 1. The number of halogens is 1. The third-order valence-corrected chi connectivity index (χ3v) is 4.97. The first-order chi connectivity index (χ1) is 13.9. The molecule has 1 unspecified atom stereocenters. The van der Waals surface area contributed by atoms with Crippen LogP contribution in [0.1, 0.15) is 33.5 Å². The number of hydrogen-bond donors (Lipinski definition) is 3. The van der Waals surface area contributed by atoms with E-state index in [4.69, 9.17) is 0 Å². The van der Waals surface area contributed by atoms with E-state index in [1.807, 2.05) is 24.3 Å². The van der Waals surface area contributed by atoms with Crippen LogP contribution in [0.3, 0.4) is 0 Å². The van der Waals surface area contributed by atoms with Crippen molar-refractivity contribution in [2.24, 2.45) is 7.05 Å². The highest BCUT2D eigenvalue weighted by atomic mass is 19.1. The van der Waals surface area contributed by atoms with Gasteiger partial charge in [-0.2, -0.15) is 0 Å². The Morgan fingerprint density at radius 1 is 1.28 bits per heavy atom. The van der Waals surface area contributed by atoms with E-state index in [-0.39, 0.29) is 24.1 Å². The molecule has 2 aromatic carbocycles. The van der Waals surface area contributed by atoms with Crippen molar-refractivity contribution in [1.82, 2.24) is 14.9 Å². The van der Waals surface area contributed by atoms with Gasteiger partial charge in [0.25, 0.3) is 11.5 Å². The number of para-hydroxylation sites is 1. The number of amides is 1. The molecule has 0 saturated carbocycles. The van der Waals surface area contributed by atoms with Crippen LogP contribution in [0.15, 0.2) is 53.3 Å². The number of aromatic nitrogens is 2. The third kappa shape index (κ3) is 3.56. The van der Waals surface area contributed by atoms with E-state index in [0.29, 0.717) is 17.8 Å². The minimum atomic E-state index is -0.705. The molecule has 1 aliphatic heterocycles. The molecule has 1 amide bonds. The summed E-state index contributed by atoms with van der Waals surface area (Å²) in [5, 5.41) is 16.1. The largest absolute Gasteiger partial charge is 0.501 e. The van der Waals surface area contributed by atoms with E-state index >= 15 is 0 Å². The lowest BCUT2D eigenvalue weighted by molar-refractivity contribution is 0.0941. The molecular weight excluding hydrogens is 375 g/mol. The van der Waals surface area contributed by atoms with Crippen molar-refractivity contribution >= 4 is 11.6 Å². The molecule has 4 rings (SSSR count). The molecule has 1 aromatic heterocycles. The summed E-state index contributed by atoms with van der Waals surface area (Å²) >= 11 is 0. The van der Waals surface area contributed by atoms with Gasteiger partial charge in [0, 0.05) is 25.7 Å². The Kier molecular flexibility index (Phi) is 4.75. The summed E-state index contributed by atoms with van der Waals surface area (Å²) in [6.45, 7) is 0.109. The Labute approximate surface area is 165 Å². The first kappa shape index (κ1) is 18.7. The lowest BCUT2D eigenvalue weighted by Crippen LogP contribution is -2.32. The maximum absolute atomic E-state index is 13.0. The summed E-state index contributed by atoms with van der Waals surface area (Å²) in [6.07, 6.45) is 0.609. The lowest BCUT2D eigenvalue weighted by Gasteiger charge is -2.16. The van der Waals surface area contributed by atoms with Crippen molar-refractivity contribution < 1.29 is 14.3 Å². The molecule has 0 saturated heterocycles. The number of benzene rings is 2. The van der Waals surface area contributed by atoms with Gasteiger partial charge in [-0.05, 0) is 29.3 Å². The zero-order valence-electron chi connectivity index (χ0n) is 15.6. The number of fused-ring (bicyclic) bond motifs is 1. The van der Waals surface area contributed by atoms with E-state index in [1.165, 1.54) is 35.9 Å². The van der Waals surface area contributed by atoms with Gasteiger partial charge in [0.15, 0.2) is 5.69 Å². The van der Waals surface area contributed by atoms with Crippen LogP contribution in [0.25, 0.3) is 0 Å². The number of anilines is 1. The zero-order chi connectivity index (χ0) is 20.5. The van der Waals surface area contributed by atoms with Crippen LogP contribution in [0, 0.1) is 5.82 Å². The van der Waals surface area contributed by atoms with Gasteiger partial charge in [0.2, 0.25) is 5.75 Å². The van der Waals surface area contributed by atoms with Gasteiger partial charge in [-0.1, -0.05) is 30.3 Å². The Hall–Kier alpha value is -3.68. The highest BCUT2D eigenvalue weighted by Gasteiger charge is 2.28. The summed E-state index contributed by atoms with van der Waals surface area (Å²) in [5.74, 6) is -1.40. The van der Waals surface area contributed by atoms with Crippen LogP contribution in [-0.4, -0.2) is 20.6 Å². The first-order valence-corrected chi connectivity index (χ1v) is 9.11. The number of aromatic hydroxyl groups is 1. The SMILES string of the molecule is Cn1c(C2Cc3ccccc3N2)nc(C(=O)NCc2ccc(F)cc2)c(O)c1=O. The fourth-order valence-electron chi connectivity index (χ4n) is 3.40. The van der Waals surface area contributed by atoms with Crippen molar-refractivity contribution in [3.63, 3.8) is 0 Å². The monoisotopic (exact) mass is 394 g/mol. The van der Waals surface area contributed by atoms with E-state index in [1.54, 1.807) is 0 Å². The lowest BCUT2D eigenvalue weighted by atomic mass is 10.1. The van der Waals surface area contributed by atoms with Crippen LogP contribution < -0.4 is 16.2 Å². The van der Waals surface area contributed by atoms with Crippen LogP contribution >= 0.6 is 0 Å². The second-order valence-electron chi connectivity index (χ2n) is 6.90. The molecule has 0 bridgehead atoms. The Morgan fingerprint density at radius 3 is 2.72 bits per heavy atom. The number of nitrogens with zero attached hydrogens (tertiary/aromatic N) is 2. The van der Waals surface area contributed by atoms with Gasteiger partial charge >= 0.3 is 0 Å². The molecule has 2 heterocycles. The van der Waals surface area contributed by atoms with Gasteiger partial charge in [-0.15, -0.1) is 0 Å². The quantitative estimate of drug-likeness (QED) is 0.631. The summed E-state index contributed by atoms with van der Waals surface area (Å²) in [7, 11) is 1.51. The predicted octanol–water partition coefficient (Wildman–Crippen LogP) is 2.26. The van der Waals surface area contributed by atoms with Gasteiger partial charge in [0.1, 0.15) is 11.6 Å². The minimum absolute atomic E-state index is 0.109. The summed E-state index contributed by atoms with van der Waals surface area (Å²) in [5.41, 5.74) is 1.68. The molecule has 3 N–H and O–H groups in total. The number of hydrogen-bond acceptors (Lipinski definition) is 5. The van der Waals surface area contributed by atoms with Crippen molar-refractivity contribution in [1.29, 1.82) is 0 Å². The Balaban J connectivity index is 1.60. The van der Waals surface area contributed by atoms with Crippen molar-refractivity contribution in [3.05, 3.63) is 87.3 Å². The molecular formula is C21H19FN4O3. The summed E-state index contributed by atoms with van der Waals surface area (Å²) in [4.78, 5) is 29.4. The second-order valence-corrected chi connectivity index (χ2v) is 6.90. The maximum Gasteiger partial charge on any atom is 0.296 e. The first-order valence-electron chi connectivity index (χ1n) is 9.11. The highest BCUT2D eigenvalue weighted by Crippen LogP contribution is 2.33. The molecule has 0 radical (unpaired) electrons. The van der Waals surface area contributed by atoms with Crippen LogP contribution in [-0.2, 0) is 20.0 Å². The average Bonchev–Trinajstić information content (AvgIpc) is 3.15. The van der Waals surface area contributed by atoms with Crippen LogP contribution in [0.4, 0.5) is 10.1 Å². The standard InChI is InChI=1S/C21H19FN4O3/c1-26-19(16-10-13-4-2-3-5-15(13)24-16)25-17(18(27)21(26)29)20(28)23-11-12-6-8-14(22)9-7-12/h2-9,16,24,27H,10-11H2,1H3,(H,23,28). The minimum Gasteiger partial charge on any atom is -0.501 e. The average molecular weight is 394 g/mol. The smallest absolute Gasteiger partial charge is 0.296 e. The van der Waals surface area contributed by atoms with E-state index in [0.717, 1.165) is 11.3 Å². The maximum atomic E-state index is 13.0. The third-order valence-electron chi connectivity index (χ3n) is 4.97. The van der Waals surface area contributed by atoms with Gasteiger partial charge in [-0.3, -0.25) is 14.2 Å². The van der Waals surface area contributed by atoms with Crippen molar-refractivity contribution in [3.8, 4) is 5.75 Å². The van der Waals surface area contributed by atoms with Gasteiger partial charge in [-0.25, -0.2) is 9.37 Å². The van der Waals surface area contributed by atoms with Crippen molar-refractivity contribution in [2.45, 2.75) is 19.0 Å². The van der Waals surface area contributed by atoms with E-state index in [9.17, 15) is 19.1 Å². The second kappa shape index (κ2) is 7.38. The molecule has 1 atom stereocenters. The fraction of sp³-hybridized carbons (Fsp3) is 0.190. The molecule has 29 heavy (non-hydrogen) atoms. The van der Waals surface area contributed by atoms with Gasteiger partial charge < -0.3 is 15.7 Å². The topological polar surface area (TPSA) is 96.2 Å². The Bertz CT molecular complexity index is 1120. The summed E-state index contributed by atoms with van der Waals surface area (Å²) < 4.78 is 14.2. The molecule has 7 nitrogen and oxygen atoms in total. The van der Waals surface area contributed by atoms with E-state index in [2.05, 4.69) is 15.6 Å². The molecule has 0 fully saturated rings. The fourth-order valence-corrected chi connectivity index (χ4v) is 3.40. The molecule has 8 heteroatoms. The highest BCUT2D eigenvalue weighted by molar-refractivity contribution is 5.94. The van der Waals surface area contributed by atoms with E-state index < -0.39 is 17.2 Å². The molecule has 0 aliphatic carbocycles. The number of carbonyl (C=O) groups excluding carboxylic acids is 1. The predicted molar refractivity (Wildman–Crippen MR) is 105 cm³/mol. The molecule has 148 valence electrons. The zero-order valence-corrected chi connectivity index (χ0v) is 15.6. The number of nitrogens with one attached hydrogen (secondary N) is 2. The summed E-state index contributed by atoms with van der Waals surface area (Å²) in [6, 6.07) is 13.1. The van der Waals surface area contributed by atoms with Crippen LogP contribution in [0.5, 0.6) is 5.75 Å². The molecule has 1 aliphatic rings. The number of rotatable bonds is 4. The normalized spacial score (nSPS) is 14.9. The van der Waals surface area contributed by atoms with Gasteiger partial charge in [0.05, 0.1) is 6.04 Å².